The molecule has 0 aromatic heterocycles. The van der Waals surface area contributed by atoms with Gasteiger partial charge in [-0.25, -0.2) is 9.18 Å². The fourth-order valence-electron chi connectivity index (χ4n) is 2.95. The molecule has 0 radical (unpaired) electrons. The first-order valence-electron chi connectivity index (χ1n) is 9.01. The van der Waals surface area contributed by atoms with Gasteiger partial charge in [0, 0.05) is 24.5 Å². The van der Waals surface area contributed by atoms with Gasteiger partial charge in [0.15, 0.2) is 0 Å². The number of anilines is 2. The lowest BCUT2D eigenvalue weighted by Gasteiger charge is -2.34. The van der Waals surface area contributed by atoms with Crippen LogP contribution in [0, 0.1) is 5.82 Å². The maximum atomic E-state index is 13.0. The molecule has 1 aliphatic heterocycles. The van der Waals surface area contributed by atoms with E-state index in [0.29, 0.717) is 17.1 Å². The molecule has 2 aromatic carbocycles. The van der Waals surface area contributed by atoms with Crippen molar-refractivity contribution in [3.63, 3.8) is 0 Å². The second-order valence-electron chi connectivity index (χ2n) is 6.42. The lowest BCUT2D eigenvalue weighted by atomic mass is 10.1. The highest BCUT2D eigenvalue weighted by Gasteiger charge is 2.34. The van der Waals surface area contributed by atoms with Crippen LogP contribution < -0.4 is 20.7 Å². The molecular formula is C20H21FN4O4. The number of hydrogen-bond acceptors (Lipinski definition) is 4. The highest BCUT2D eigenvalue weighted by atomic mass is 19.1. The molecule has 3 rings (SSSR count). The summed E-state index contributed by atoms with van der Waals surface area (Å²) < 4.78 is 18.1. The van der Waals surface area contributed by atoms with E-state index < -0.39 is 29.7 Å². The topological polar surface area (TPSA) is 99.8 Å². The lowest BCUT2D eigenvalue weighted by molar-refractivity contribution is -0.130. The first-order valence-corrected chi connectivity index (χ1v) is 9.01. The molecule has 2 aromatic rings. The third-order valence-corrected chi connectivity index (χ3v) is 4.44. The maximum absolute atomic E-state index is 13.0. The highest BCUT2D eigenvalue weighted by Crippen LogP contribution is 2.17. The average molecular weight is 400 g/mol. The van der Waals surface area contributed by atoms with Gasteiger partial charge in [-0.3, -0.25) is 9.59 Å². The van der Waals surface area contributed by atoms with Crippen molar-refractivity contribution in [3.8, 4) is 5.75 Å². The second kappa shape index (κ2) is 9.05. The van der Waals surface area contributed by atoms with Crippen LogP contribution in [0.2, 0.25) is 0 Å². The van der Waals surface area contributed by atoms with Gasteiger partial charge in [-0.2, -0.15) is 0 Å². The number of nitrogens with zero attached hydrogens (tertiary/aromatic N) is 1. The van der Waals surface area contributed by atoms with Crippen LogP contribution >= 0.6 is 0 Å². The molecule has 152 valence electrons. The van der Waals surface area contributed by atoms with Crippen LogP contribution in [0.1, 0.15) is 6.42 Å². The van der Waals surface area contributed by atoms with Gasteiger partial charge >= 0.3 is 6.03 Å². The van der Waals surface area contributed by atoms with Crippen LogP contribution in [0.5, 0.6) is 5.75 Å². The zero-order chi connectivity index (χ0) is 20.8. The van der Waals surface area contributed by atoms with Gasteiger partial charge in [0.25, 0.3) is 0 Å². The minimum Gasteiger partial charge on any atom is -0.497 e. The van der Waals surface area contributed by atoms with Gasteiger partial charge in [-0.05, 0) is 48.5 Å². The molecule has 0 bridgehead atoms. The molecule has 0 saturated carbocycles. The van der Waals surface area contributed by atoms with Crippen molar-refractivity contribution in [2.24, 2.45) is 0 Å². The van der Waals surface area contributed by atoms with E-state index in [1.54, 1.807) is 31.4 Å². The molecule has 0 spiro atoms. The van der Waals surface area contributed by atoms with Crippen LogP contribution in [-0.2, 0) is 9.59 Å². The molecule has 0 aliphatic carbocycles. The Hall–Kier alpha value is -3.62. The summed E-state index contributed by atoms with van der Waals surface area (Å²) in [5.74, 6) is -0.584. The summed E-state index contributed by atoms with van der Waals surface area (Å²) in [6.45, 7) is 0.533. The van der Waals surface area contributed by atoms with Crippen molar-refractivity contribution in [3.05, 3.63) is 54.3 Å². The van der Waals surface area contributed by atoms with Crippen molar-refractivity contribution in [2.75, 3.05) is 30.8 Å². The Morgan fingerprint density at radius 3 is 2.38 bits per heavy atom. The maximum Gasteiger partial charge on any atom is 0.322 e. The lowest BCUT2D eigenvalue weighted by Crippen LogP contribution is -2.59. The molecule has 0 unspecified atom stereocenters. The smallest absolute Gasteiger partial charge is 0.322 e. The van der Waals surface area contributed by atoms with E-state index in [2.05, 4.69) is 16.0 Å². The highest BCUT2D eigenvalue weighted by molar-refractivity contribution is 5.99. The number of nitrogens with one attached hydrogen (secondary N) is 3. The van der Waals surface area contributed by atoms with E-state index in [1.807, 2.05) is 0 Å². The van der Waals surface area contributed by atoms with Gasteiger partial charge in [0.2, 0.25) is 11.8 Å². The van der Waals surface area contributed by atoms with Crippen molar-refractivity contribution >= 4 is 29.2 Å². The Labute approximate surface area is 167 Å². The number of halogens is 1. The molecule has 1 heterocycles. The van der Waals surface area contributed by atoms with Crippen LogP contribution in [-0.4, -0.2) is 49.0 Å². The van der Waals surface area contributed by atoms with Gasteiger partial charge in [-0.15, -0.1) is 0 Å². The number of hydrogen-bond donors (Lipinski definition) is 3. The van der Waals surface area contributed by atoms with E-state index in [1.165, 1.54) is 29.2 Å². The van der Waals surface area contributed by atoms with Crippen LogP contribution in [0.4, 0.5) is 20.6 Å². The number of piperazine rings is 1. The zero-order valence-electron chi connectivity index (χ0n) is 15.8. The molecule has 3 N–H and O–H groups in total. The molecule has 1 saturated heterocycles. The predicted octanol–water partition coefficient (Wildman–Crippen LogP) is 2.20. The molecule has 1 aliphatic rings. The average Bonchev–Trinajstić information content (AvgIpc) is 2.71. The molecule has 8 nitrogen and oxygen atoms in total. The van der Waals surface area contributed by atoms with Crippen molar-refractivity contribution < 1.29 is 23.5 Å². The van der Waals surface area contributed by atoms with Gasteiger partial charge in [0.1, 0.15) is 17.6 Å². The quantitative estimate of drug-likeness (QED) is 0.716. The Bertz CT molecular complexity index is 886. The van der Waals surface area contributed by atoms with E-state index >= 15 is 0 Å². The van der Waals surface area contributed by atoms with E-state index in [4.69, 9.17) is 4.74 Å². The number of urea groups is 1. The summed E-state index contributed by atoms with van der Waals surface area (Å²) in [4.78, 5) is 38.6. The van der Waals surface area contributed by atoms with E-state index in [9.17, 15) is 18.8 Å². The van der Waals surface area contributed by atoms with Crippen molar-refractivity contribution in [2.45, 2.75) is 12.5 Å². The molecule has 9 heteroatoms. The van der Waals surface area contributed by atoms with Gasteiger partial charge in [0.05, 0.1) is 13.5 Å². The zero-order valence-corrected chi connectivity index (χ0v) is 15.8. The normalized spacial score (nSPS) is 16.0. The summed E-state index contributed by atoms with van der Waals surface area (Å²) in [5.41, 5.74) is 0.943. The number of rotatable bonds is 5. The largest absolute Gasteiger partial charge is 0.497 e. The van der Waals surface area contributed by atoms with Gasteiger partial charge in [-0.1, -0.05) is 0 Å². The molecular weight excluding hydrogens is 379 g/mol. The monoisotopic (exact) mass is 400 g/mol. The SMILES string of the molecule is COc1ccc(NC(=O)C[C@@H]2C(=O)NCCN2C(=O)Nc2ccc(F)cc2)cc1. The Morgan fingerprint density at radius 2 is 1.72 bits per heavy atom. The first kappa shape index (κ1) is 20.1. The summed E-state index contributed by atoms with van der Waals surface area (Å²) in [7, 11) is 1.54. The second-order valence-corrected chi connectivity index (χ2v) is 6.42. The predicted molar refractivity (Wildman–Crippen MR) is 105 cm³/mol. The van der Waals surface area contributed by atoms with E-state index in [0.717, 1.165) is 0 Å². The fourth-order valence-corrected chi connectivity index (χ4v) is 2.95. The Morgan fingerprint density at radius 1 is 1.10 bits per heavy atom. The summed E-state index contributed by atoms with van der Waals surface area (Å²) in [5, 5.41) is 7.99. The Balaban J connectivity index is 1.65. The van der Waals surface area contributed by atoms with Crippen molar-refractivity contribution in [1.82, 2.24) is 10.2 Å². The number of amides is 4. The van der Waals surface area contributed by atoms with Gasteiger partial charge < -0.3 is 25.6 Å². The van der Waals surface area contributed by atoms with Crippen LogP contribution in [0.15, 0.2) is 48.5 Å². The third kappa shape index (κ3) is 5.22. The number of carbonyl (C=O) groups is 3. The number of ether oxygens (including phenoxy) is 1. The minimum atomic E-state index is -0.956. The molecule has 29 heavy (non-hydrogen) atoms. The first-order chi connectivity index (χ1) is 14.0. The summed E-state index contributed by atoms with van der Waals surface area (Å²) >= 11 is 0. The third-order valence-electron chi connectivity index (χ3n) is 4.44. The van der Waals surface area contributed by atoms with Crippen LogP contribution in [0.25, 0.3) is 0 Å². The molecule has 1 atom stereocenters. The van der Waals surface area contributed by atoms with Crippen molar-refractivity contribution in [1.29, 1.82) is 0 Å². The molecule has 4 amide bonds. The number of carbonyl (C=O) groups excluding carboxylic acids is 3. The van der Waals surface area contributed by atoms with E-state index in [-0.39, 0.29) is 19.5 Å². The number of benzene rings is 2. The summed E-state index contributed by atoms with van der Waals surface area (Å²) in [6.07, 6.45) is -0.200. The Kier molecular flexibility index (Phi) is 6.28. The summed E-state index contributed by atoms with van der Waals surface area (Å²) in [6, 6.07) is 10.5. The molecule has 1 fully saturated rings. The minimum absolute atomic E-state index is 0.200. The number of methoxy groups -OCH3 is 1. The standard InChI is InChI=1S/C20H21FN4O4/c1-29-16-8-6-14(7-9-16)23-18(26)12-17-19(27)22-10-11-25(17)20(28)24-15-4-2-13(21)3-5-15/h2-9,17H,10-12H2,1H3,(H,22,27)(H,23,26)(H,24,28)/t17-/m1/s1. The fraction of sp³-hybridized carbons (Fsp3) is 0.250. The van der Waals surface area contributed by atoms with Crippen LogP contribution in [0.3, 0.4) is 0 Å².